The van der Waals surface area contributed by atoms with Gasteiger partial charge in [0.1, 0.15) is 5.58 Å². The number of ether oxygens (including phenoxy) is 2. The van der Waals surface area contributed by atoms with Crippen molar-refractivity contribution in [3.63, 3.8) is 0 Å². The van der Waals surface area contributed by atoms with Gasteiger partial charge >= 0.3 is 0 Å². The number of hydrogen-bond donors (Lipinski definition) is 0. The molecule has 0 aliphatic carbocycles. The van der Waals surface area contributed by atoms with E-state index in [1.54, 1.807) is 30.5 Å². The van der Waals surface area contributed by atoms with Gasteiger partial charge in [-0.1, -0.05) is 18.2 Å². The quantitative estimate of drug-likeness (QED) is 0.396. The van der Waals surface area contributed by atoms with Crippen molar-refractivity contribution in [3.05, 3.63) is 98.7 Å². The molecular weight excluding hydrogens is 444 g/mol. The van der Waals surface area contributed by atoms with Gasteiger partial charge in [-0.15, -0.1) is 0 Å². The van der Waals surface area contributed by atoms with Crippen LogP contribution < -0.4 is 14.9 Å². The molecule has 0 radical (unpaired) electrons. The van der Waals surface area contributed by atoms with Crippen molar-refractivity contribution in [2.75, 3.05) is 13.7 Å². The van der Waals surface area contributed by atoms with E-state index >= 15 is 0 Å². The lowest BCUT2D eigenvalue weighted by atomic mass is 9.97. The first-order chi connectivity index (χ1) is 16.9. The summed E-state index contributed by atoms with van der Waals surface area (Å²) >= 11 is 0. The Morgan fingerprint density at radius 3 is 2.63 bits per heavy atom. The lowest BCUT2D eigenvalue weighted by molar-refractivity contribution is 0.0714. The van der Waals surface area contributed by atoms with E-state index in [0.717, 1.165) is 22.3 Å². The van der Waals surface area contributed by atoms with Crippen LogP contribution in [0.4, 0.5) is 0 Å². The molecule has 0 N–H and O–H groups in total. The van der Waals surface area contributed by atoms with Crippen LogP contribution in [0.2, 0.25) is 0 Å². The maximum Gasteiger partial charge on any atom is 0.291 e. The van der Waals surface area contributed by atoms with E-state index in [1.165, 1.54) is 0 Å². The number of fused-ring (bicyclic) bond motifs is 2. The summed E-state index contributed by atoms with van der Waals surface area (Å²) in [5.74, 6) is 0.874. The van der Waals surface area contributed by atoms with Crippen LogP contribution in [-0.2, 0) is 6.54 Å². The number of pyridine rings is 1. The van der Waals surface area contributed by atoms with Crippen LogP contribution in [0.25, 0.3) is 11.0 Å². The molecule has 7 nitrogen and oxygen atoms in total. The highest BCUT2D eigenvalue weighted by molar-refractivity contribution is 5.99. The monoisotopic (exact) mass is 470 g/mol. The number of methoxy groups -OCH3 is 1. The van der Waals surface area contributed by atoms with E-state index in [1.807, 2.05) is 57.2 Å². The zero-order valence-electron chi connectivity index (χ0n) is 20.1. The number of nitrogens with zero attached hydrogens (tertiary/aromatic N) is 2. The van der Waals surface area contributed by atoms with Gasteiger partial charge in [0, 0.05) is 18.9 Å². The molecule has 1 atom stereocenters. The maximum atomic E-state index is 13.9. The molecule has 1 aliphatic rings. The Balaban J connectivity index is 1.75. The first-order valence-corrected chi connectivity index (χ1v) is 11.5. The molecule has 0 spiro atoms. The SMILES string of the molecule is CCOc1ccc([C@@H]2c3c(oc4c(C)cc(C)cc4c3=O)C(=O)N2Cc2cccnc2)cc1OC. The maximum absolute atomic E-state index is 13.9. The molecule has 0 fully saturated rings. The Morgan fingerprint density at radius 2 is 1.91 bits per heavy atom. The zero-order chi connectivity index (χ0) is 24.7. The first-order valence-electron chi connectivity index (χ1n) is 11.5. The average Bonchev–Trinajstić information content (AvgIpc) is 3.13. The number of carbonyl (C=O) groups excluding carboxylic acids is 1. The minimum atomic E-state index is -0.649. The Morgan fingerprint density at radius 1 is 1.09 bits per heavy atom. The average molecular weight is 471 g/mol. The molecule has 5 rings (SSSR count). The smallest absolute Gasteiger partial charge is 0.291 e. The van der Waals surface area contributed by atoms with Crippen LogP contribution in [0.5, 0.6) is 11.5 Å². The third kappa shape index (κ3) is 3.83. The molecule has 1 amide bonds. The van der Waals surface area contributed by atoms with Crippen molar-refractivity contribution in [1.82, 2.24) is 9.88 Å². The molecule has 0 bridgehead atoms. The summed E-state index contributed by atoms with van der Waals surface area (Å²) in [5, 5.41) is 0.472. The number of aryl methyl sites for hydroxylation is 2. The Hall–Kier alpha value is -4.13. The predicted molar refractivity (Wildman–Crippen MR) is 132 cm³/mol. The zero-order valence-corrected chi connectivity index (χ0v) is 20.1. The molecule has 178 valence electrons. The second-order valence-electron chi connectivity index (χ2n) is 8.67. The van der Waals surface area contributed by atoms with E-state index in [0.29, 0.717) is 34.6 Å². The van der Waals surface area contributed by atoms with Crippen molar-refractivity contribution < 1.29 is 18.7 Å². The second-order valence-corrected chi connectivity index (χ2v) is 8.67. The van der Waals surface area contributed by atoms with Crippen LogP contribution in [0.15, 0.2) is 64.1 Å². The Bertz CT molecular complexity index is 1490. The van der Waals surface area contributed by atoms with Gasteiger partial charge in [-0.05, 0) is 67.3 Å². The van der Waals surface area contributed by atoms with Gasteiger partial charge < -0.3 is 18.8 Å². The fourth-order valence-corrected chi connectivity index (χ4v) is 4.80. The molecule has 3 heterocycles. The van der Waals surface area contributed by atoms with Crippen molar-refractivity contribution in [3.8, 4) is 11.5 Å². The summed E-state index contributed by atoms with van der Waals surface area (Å²) in [6.07, 6.45) is 3.40. The molecule has 0 saturated heterocycles. The van der Waals surface area contributed by atoms with Gasteiger partial charge in [-0.2, -0.15) is 0 Å². The summed E-state index contributed by atoms with van der Waals surface area (Å²) in [7, 11) is 1.57. The van der Waals surface area contributed by atoms with Crippen molar-refractivity contribution in [2.45, 2.75) is 33.4 Å². The largest absolute Gasteiger partial charge is 0.493 e. The standard InChI is InChI=1S/C28H26N2O5/c1-5-34-21-9-8-19(13-22(21)33-4)24-23-25(31)20-12-16(2)11-17(3)26(20)35-27(23)28(32)30(24)15-18-7-6-10-29-14-18/h6-14,24H,5,15H2,1-4H3/t24-/m1/s1. The third-order valence-corrected chi connectivity index (χ3v) is 6.28. The number of rotatable bonds is 6. The normalized spacial score (nSPS) is 14.9. The fraction of sp³-hybridized carbons (Fsp3) is 0.250. The number of hydrogen-bond acceptors (Lipinski definition) is 6. The Kier molecular flexibility index (Phi) is 5.76. The van der Waals surface area contributed by atoms with Crippen LogP contribution >= 0.6 is 0 Å². The molecule has 0 unspecified atom stereocenters. The minimum Gasteiger partial charge on any atom is -0.493 e. The van der Waals surface area contributed by atoms with E-state index in [2.05, 4.69) is 4.98 Å². The fourth-order valence-electron chi connectivity index (χ4n) is 4.80. The second kappa shape index (κ2) is 8.91. The van der Waals surface area contributed by atoms with Crippen molar-refractivity contribution >= 4 is 16.9 Å². The number of benzene rings is 2. The topological polar surface area (TPSA) is 81.9 Å². The molecule has 2 aromatic carbocycles. The van der Waals surface area contributed by atoms with Crippen molar-refractivity contribution in [2.24, 2.45) is 0 Å². The van der Waals surface area contributed by atoms with Gasteiger partial charge in [0.15, 0.2) is 16.9 Å². The van der Waals surface area contributed by atoms with Crippen LogP contribution in [-0.4, -0.2) is 29.5 Å². The van der Waals surface area contributed by atoms with Gasteiger partial charge in [-0.3, -0.25) is 14.6 Å². The van der Waals surface area contributed by atoms with E-state index in [9.17, 15) is 9.59 Å². The van der Waals surface area contributed by atoms with Crippen LogP contribution in [0.3, 0.4) is 0 Å². The summed E-state index contributed by atoms with van der Waals surface area (Å²) in [6.45, 7) is 6.47. The summed E-state index contributed by atoms with van der Waals surface area (Å²) in [4.78, 5) is 33.4. The lowest BCUT2D eigenvalue weighted by Gasteiger charge is -2.25. The van der Waals surface area contributed by atoms with Gasteiger partial charge in [0.2, 0.25) is 5.76 Å². The Labute approximate surface area is 202 Å². The first kappa shape index (κ1) is 22.7. The summed E-state index contributed by atoms with van der Waals surface area (Å²) in [5.41, 5.74) is 3.93. The molecule has 2 aromatic heterocycles. The van der Waals surface area contributed by atoms with Gasteiger partial charge in [0.05, 0.1) is 30.7 Å². The molecule has 4 aromatic rings. The van der Waals surface area contributed by atoms with Gasteiger partial charge in [-0.25, -0.2) is 0 Å². The predicted octanol–water partition coefficient (Wildman–Crippen LogP) is 4.96. The highest BCUT2D eigenvalue weighted by atomic mass is 16.5. The minimum absolute atomic E-state index is 0.0798. The molecule has 0 saturated carbocycles. The van der Waals surface area contributed by atoms with E-state index in [-0.39, 0.29) is 23.6 Å². The third-order valence-electron chi connectivity index (χ3n) is 6.28. The van der Waals surface area contributed by atoms with Crippen LogP contribution in [0, 0.1) is 13.8 Å². The van der Waals surface area contributed by atoms with E-state index in [4.69, 9.17) is 13.9 Å². The number of aromatic nitrogens is 1. The summed E-state index contributed by atoms with van der Waals surface area (Å²) < 4.78 is 17.4. The molecular formula is C28H26N2O5. The highest BCUT2D eigenvalue weighted by Crippen LogP contribution is 2.42. The number of carbonyl (C=O) groups is 1. The highest BCUT2D eigenvalue weighted by Gasteiger charge is 2.43. The molecule has 35 heavy (non-hydrogen) atoms. The summed E-state index contributed by atoms with van der Waals surface area (Å²) in [6, 6.07) is 12.3. The number of amides is 1. The van der Waals surface area contributed by atoms with Crippen molar-refractivity contribution in [1.29, 1.82) is 0 Å². The van der Waals surface area contributed by atoms with Gasteiger partial charge in [0.25, 0.3) is 5.91 Å². The van der Waals surface area contributed by atoms with E-state index < -0.39 is 6.04 Å². The van der Waals surface area contributed by atoms with Crippen LogP contribution in [0.1, 0.15) is 51.3 Å². The molecule has 1 aliphatic heterocycles. The molecule has 7 heteroatoms. The lowest BCUT2D eigenvalue weighted by Crippen LogP contribution is -2.29.